The molecule has 0 radical (unpaired) electrons. The standard InChI is InChI=1S/C16H16BrNO2/c17-13-10-12-3-1-2-4-14(12)18-16(13)15(19)9-11-5-7-20-8-6-11/h1-4,10-11H,5-9H2. The van der Waals surface area contributed by atoms with Gasteiger partial charge in [-0.3, -0.25) is 4.79 Å². The molecule has 3 rings (SSSR count). The van der Waals surface area contributed by atoms with Gasteiger partial charge in [-0.2, -0.15) is 0 Å². The fraction of sp³-hybridized carbons (Fsp3) is 0.375. The molecule has 1 fully saturated rings. The van der Waals surface area contributed by atoms with Crippen LogP contribution in [0.25, 0.3) is 10.9 Å². The zero-order valence-corrected chi connectivity index (χ0v) is 12.7. The van der Waals surface area contributed by atoms with Crippen LogP contribution in [-0.2, 0) is 4.74 Å². The highest BCUT2D eigenvalue weighted by atomic mass is 79.9. The third-order valence-corrected chi connectivity index (χ3v) is 4.36. The van der Waals surface area contributed by atoms with E-state index in [-0.39, 0.29) is 5.78 Å². The molecule has 0 N–H and O–H groups in total. The predicted molar refractivity (Wildman–Crippen MR) is 81.9 cm³/mol. The van der Waals surface area contributed by atoms with Crippen molar-refractivity contribution >= 4 is 32.6 Å². The van der Waals surface area contributed by atoms with Gasteiger partial charge in [0.2, 0.25) is 0 Å². The van der Waals surface area contributed by atoms with E-state index in [2.05, 4.69) is 20.9 Å². The fourth-order valence-electron chi connectivity index (χ4n) is 2.60. The lowest BCUT2D eigenvalue weighted by atomic mass is 9.93. The maximum absolute atomic E-state index is 12.4. The van der Waals surface area contributed by atoms with Gasteiger partial charge in [0, 0.05) is 29.5 Å². The van der Waals surface area contributed by atoms with Crippen LogP contribution in [0.2, 0.25) is 0 Å². The summed E-state index contributed by atoms with van der Waals surface area (Å²) in [7, 11) is 0. The predicted octanol–water partition coefficient (Wildman–Crippen LogP) is 4.00. The van der Waals surface area contributed by atoms with Crippen molar-refractivity contribution in [3.8, 4) is 0 Å². The maximum Gasteiger partial charge on any atom is 0.182 e. The minimum Gasteiger partial charge on any atom is -0.381 e. The summed E-state index contributed by atoms with van der Waals surface area (Å²) >= 11 is 3.47. The fourth-order valence-corrected chi connectivity index (χ4v) is 3.15. The molecule has 3 nitrogen and oxygen atoms in total. The minimum absolute atomic E-state index is 0.120. The van der Waals surface area contributed by atoms with Crippen molar-refractivity contribution in [3.05, 3.63) is 40.5 Å². The number of hydrogen-bond donors (Lipinski definition) is 0. The van der Waals surface area contributed by atoms with E-state index >= 15 is 0 Å². The first-order valence-corrected chi connectivity index (χ1v) is 7.69. The van der Waals surface area contributed by atoms with Gasteiger partial charge in [0.15, 0.2) is 5.78 Å². The van der Waals surface area contributed by atoms with Gasteiger partial charge in [-0.1, -0.05) is 18.2 Å². The number of Topliss-reactive ketones (excluding diaryl/α,β-unsaturated/α-hetero) is 1. The number of carbonyl (C=O) groups excluding carboxylic acids is 1. The molecule has 2 heterocycles. The molecule has 2 aromatic rings. The Morgan fingerprint density at radius 2 is 2.05 bits per heavy atom. The molecule has 1 saturated heterocycles. The van der Waals surface area contributed by atoms with E-state index in [0.717, 1.165) is 41.4 Å². The summed E-state index contributed by atoms with van der Waals surface area (Å²) in [6, 6.07) is 9.82. The Labute approximate surface area is 126 Å². The molecule has 1 aromatic carbocycles. The third-order valence-electron chi connectivity index (χ3n) is 3.76. The van der Waals surface area contributed by atoms with Gasteiger partial charge in [-0.05, 0) is 46.8 Å². The van der Waals surface area contributed by atoms with Gasteiger partial charge >= 0.3 is 0 Å². The number of hydrogen-bond acceptors (Lipinski definition) is 3. The molecule has 1 aliphatic rings. The number of benzene rings is 1. The zero-order chi connectivity index (χ0) is 13.9. The van der Waals surface area contributed by atoms with Crippen molar-refractivity contribution in [1.29, 1.82) is 0 Å². The van der Waals surface area contributed by atoms with Crippen LogP contribution < -0.4 is 0 Å². The molecule has 0 amide bonds. The van der Waals surface area contributed by atoms with Crippen molar-refractivity contribution < 1.29 is 9.53 Å². The van der Waals surface area contributed by atoms with Crippen molar-refractivity contribution in [2.45, 2.75) is 19.3 Å². The topological polar surface area (TPSA) is 39.2 Å². The number of nitrogens with zero attached hydrogens (tertiary/aromatic N) is 1. The summed E-state index contributed by atoms with van der Waals surface area (Å²) in [6.07, 6.45) is 2.50. The van der Waals surface area contributed by atoms with Crippen molar-refractivity contribution in [1.82, 2.24) is 4.98 Å². The van der Waals surface area contributed by atoms with Crippen LogP contribution in [0.5, 0.6) is 0 Å². The van der Waals surface area contributed by atoms with Crippen LogP contribution in [0.4, 0.5) is 0 Å². The maximum atomic E-state index is 12.4. The van der Waals surface area contributed by atoms with Crippen LogP contribution >= 0.6 is 15.9 Å². The lowest BCUT2D eigenvalue weighted by Crippen LogP contribution is -2.19. The molecule has 1 aromatic heterocycles. The number of rotatable bonds is 3. The normalized spacial score (nSPS) is 16.4. The molecular formula is C16H16BrNO2. The number of aromatic nitrogens is 1. The number of halogens is 1. The summed E-state index contributed by atoms with van der Waals surface area (Å²) in [5.74, 6) is 0.547. The average Bonchev–Trinajstić information content (AvgIpc) is 2.47. The van der Waals surface area contributed by atoms with E-state index in [1.165, 1.54) is 0 Å². The Morgan fingerprint density at radius 3 is 2.85 bits per heavy atom. The summed E-state index contributed by atoms with van der Waals surface area (Å²) in [5, 5.41) is 1.04. The van der Waals surface area contributed by atoms with E-state index in [1.54, 1.807) is 0 Å². The van der Waals surface area contributed by atoms with Crippen molar-refractivity contribution in [2.24, 2.45) is 5.92 Å². The molecule has 0 aliphatic carbocycles. The van der Waals surface area contributed by atoms with E-state index in [1.807, 2.05) is 30.3 Å². The second kappa shape index (κ2) is 6.02. The average molecular weight is 334 g/mol. The molecule has 1 aliphatic heterocycles. The van der Waals surface area contributed by atoms with Gasteiger partial charge in [-0.15, -0.1) is 0 Å². The second-order valence-electron chi connectivity index (χ2n) is 5.19. The second-order valence-corrected chi connectivity index (χ2v) is 6.05. The molecule has 0 atom stereocenters. The highest BCUT2D eigenvalue weighted by Crippen LogP contribution is 2.26. The zero-order valence-electron chi connectivity index (χ0n) is 11.1. The number of fused-ring (bicyclic) bond motifs is 1. The summed E-state index contributed by atoms with van der Waals surface area (Å²) in [5.41, 5.74) is 1.42. The third kappa shape index (κ3) is 2.91. The number of para-hydroxylation sites is 1. The van der Waals surface area contributed by atoms with Gasteiger partial charge in [0.1, 0.15) is 5.69 Å². The monoisotopic (exact) mass is 333 g/mol. The smallest absolute Gasteiger partial charge is 0.182 e. The summed E-state index contributed by atoms with van der Waals surface area (Å²) in [6.45, 7) is 1.54. The van der Waals surface area contributed by atoms with Crippen LogP contribution in [0.3, 0.4) is 0 Å². The van der Waals surface area contributed by atoms with Gasteiger partial charge in [-0.25, -0.2) is 4.98 Å². The van der Waals surface area contributed by atoms with Gasteiger partial charge in [0.25, 0.3) is 0 Å². The van der Waals surface area contributed by atoms with Crippen LogP contribution in [0.15, 0.2) is 34.8 Å². The quantitative estimate of drug-likeness (QED) is 0.797. The molecular weight excluding hydrogens is 318 g/mol. The summed E-state index contributed by atoms with van der Waals surface area (Å²) in [4.78, 5) is 17.0. The molecule has 0 saturated carbocycles. The number of ketones is 1. The van der Waals surface area contributed by atoms with Crippen LogP contribution in [-0.4, -0.2) is 24.0 Å². The minimum atomic E-state index is 0.120. The van der Waals surface area contributed by atoms with E-state index < -0.39 is 0 Å². The first-order chi connectivity index (χ1) is 9.74. The Balaban J connectivity index is 1.84. The lowest BCUT2D eigenvalue weighted by Gasteiger charge is -2.21. The largest absolute Gasteiger partial charge is 0.381 e. The molecule has 0 bridgehead atoms. The highest BCUT2D eigenvalue weighted by Gasteiger charge is 2.21. The van der Waals surface area contributed by atoms with Crippen molar-refractivity contribution in [3.63, 3.8) is 0 Å². The Morgan fingerprint density at radius 1 is 1.30 bits per heavy atom. The lowest BCUT2D eigenvalue weighted by molar-refractivity contribution is 0.0599. The first kappa shape index (κ1) is 13.7. The van der Waals surface area contributed by atoms with Crippen molar-refractivity contribution in [2.75, 3.05) is 13.2 Å². The first-order valence-electron chi connectivity index (χ1n) is 6.90. The van der Waals surface area contributed by atoms with E-state index in [4.69, 9.17) is 4.74 Å². The van der Waals surface area contributed by atoms with Crippen LogP contribution in [0, 0.1) is 5.92 Å². The SMILES string of the molecule is O=C(CC1CCOCC1)c1nc2ccccc2cc1Br. The molecule has 0 spiro atoms. The van der Waals surface area contributed by atoms with Gasteiger partial charge in [0.05, 0.1) is 5.52 Å². The molecule has 4 heteroatoms. The number of ether oxygens (including phenoxy) is 1. The van der Waals surface area contributed by atoms with Gasteiger partial charge < -0.3 is 4.74 Å². The Kier molecular flexibility index (Phi) is 4.13. The van der Waals surface area contributed by atoms with Crippen LogP contribution in [0.1, 0.15) is 29.8 Å². The number of pyridine rings is 1. The molecule has 104 valence electrons. The molecule has 0 unspecified atom stereocenters. The Bertz CT molecular complexity index is 635. The highest BCUT2D eigenvalue weighted by molar-refractivity contribution is 9.10. The summed E-state index contributed by atoms with van der Waals surface area (Å²) < 4.78 is 6.12. The van der Waals surface area contributed by atoms with E-state index in [9.17, 15) is 4.79 Å². The number of carbonyl (C=O) groups is 1. The molecule has 20 heavy (non-hydrogen) atoms. The van der Waals surface area contributed by atoms with E-state index in [0.29, 0.717) is 18.0 Å². The Hall–Kier alpha value is -1.26.